The molecule has 1 aromatic carbocycles. The van der Waals surface area contributed by atoms with Crippen LogP contribution in [0.5, 0.6) is 5.75 Å². The number of fused-ring (bicyclic) bond motifs is 3. The normalized spacial score (nSPS) is 28.6. The molecule has 0 bridgehead atoms. The molecule has 2 aliphatic heterocycles. The topological polar surface area (TPSA) is 78.3 Å². The van der Waals surface area contributed by atoms with E-state index in [0.29, 0.717) is 36.4 Å². The Morgan fingerprint density at radius 1 is 1.27 bits per heavy atom. The van der Waals surface area contributed by atoms with E-state index in [1.807, 2.05) is 12.1 Å². The molecule has 4 atom stereocenters. The third kappa shape index (κ3) is 4.25. The maximum Gasteiger partial charge on any atom is 0.417 e. The van der Waals surface area contributed by atoms with Gasteiger partial charge in [0.15, 0.2) is 0 Å². The number of ether oxygens (including phenoxy) is 1. The van der Waals surface area contributed by atoms with Gasteiger partial charge in [0.1, 0.15) is 5.75 Å². The van der Waals surface area contributed by atoms with Crippen LogP contribution in [0.1, 0.15) is 72.5 Å². The van der Waals surface area contributed by atoms with E-state index in [9.17, 15) is 23.2 Å². The van der Waals surface area contributed by atoms with E-state index >= 15 is 0 Å². The van der Waals surface area contributed by atoms with Crippen molar-refractivity contribution in [2.75, 3.05) is 13.2 Å². The maximum absolute atomic E-state index is 14.0. The van der Waals surface area contributed by atoms with Gasteiger partial charge < -0.3 is 15.0 Å². The lowest BCUT2D eigenvalue weighted by molar-refractivity contribution is -0.144. The molecule has 9 heteroatoms. The molecule has 0 radical (unpaired) electrons. The Labute approximate surface area is 213 Å². The van der Waals surface area contributed by atoms with Crippen LogP contribution in [-0.2, 0) is 23.9 Å². The summed E-state index contributed by atoms with van der Waals surface area (Å²) in [6.07, 6.45) is 2.15. The van der Waals surface area contributed by atoms with Crippen LogP contribution in [-0.4, -0.2) is 35.0 Å². The number of carbonyl (C=O) groups excluding carboxylic acids is 1. The van der Waals surface area contributed by atoms with Gasteiger partial charge in [-0.2, -0.15) is 18.4 Å². The highest BCUT2D eigenvalue weighted by Gasteiger charge is 2.56. The highest BCUT2D eigenvalue weighted by Crippen LogP contribution is 2.56. The summed E-state index contributed by atoms with van der Waals surface area (Å²) in [5.41, 5.74) is 1.51. The first kappa shape index (κ1) is 24.2. The molecule has 37 heavy (non-hydrogen) atoms. The van der Waals surface area contributed by atoms with Crippen molar-refractivity contribution in [3.8, 4) is 11.8 Å². The molecule has 1 N–H and O–H groups in total. The van der Waals surface area contributed by atoms with Crippen molar-refractivity contribution in [1.29, 1.82) is 5.26 Å². The van der Waals surface area contributed by atoms with Crippen LogP contribution in [0.3, 0.4) is 0 Å². The summed E-state index contributed by atoms with van der Waals surface area (Å²) < 4.78 is 45.6. The number of benzene rings is 1. The van der Waals surface area contributed by atoms with Gasteiger partial charge in [0.25, 0.3) is 0 Å². The molecule has 194 valence electrons. The van der Waals surface area contributed by atoms with Crippen LogP contribution in [0.4, 0.5) is 13.2 Å². The molecule has 4 aliphatic rings. The second-order valence-electron chi connectivity index (χ2n) is 10.9. The van der Waals surface area contributed by atoms with Gasteiger partial charge in [-0.3, -0.25) is 9.78 Å². The Morgan fingerprint density at radius 2 is 2.14 bits per heavy atom. The third-order valence-electron chi connectivity index (χ3n) is 8.83. The van der Waals surface area contributed by atoms with Gasteiger partial charge in [0.2, 0.25) is 5.91 Å². The van der Waals surface area contributed by atoms with Gasteiger partial charge in [0.05, 0.1) is 29.2 Å². The number of hydrogen-bond acceptors (Lipinski definition) is 5. The zero-order chi connectivity index (χ0) is 25.8. The van der Waals surface area contributed by atoms with E-state index in [1.54, 1.807) is 11.0 Å². The van der Waals surface area contributed by atoms with E-state index < -0.39 is 17.2 Å². The molecule has 6 nitrogen and oxygen atoms in total. The number of halogens is 3. The number of aromatic nitrogens is 1. The first-order valence-electron chi connectivity index (χ1n) is 13.0. The summed E-state index contributed by atoms with van der Waals surface area (Å²) in [7, 11) is 0. The van der Waals surface area contributed by atoms with E-state index in [1.165, 1.54) is 0 Å². The van der Waals surface area contributed by atoms with E-state index in [4.69, 9.17) is 4.74 Å². The first-order valence-corrected chi connectivity index (χ1v) is 13.0. The van der Waals surface area contributed by atoms with Gasteiger partial charge in [-0.1, -0.05) is 6.42 Å². The Balaban J connectivity index is 1.20. The van der Waals surface area contributed by atoms with Gasteiger partial charge in [0, 0.05) is 55.5 Å². The summed E-state index contributed by atoms with van der Waals surface area (Å²) in [6.45, 7) is 1.26. The average molecular weight is 511 g/mol. The van der Waals surface area contributed by atoms with E-state index in [0.717, 1.165) is 62.1 Å². The summed E-state index contributed by atoms with van der Waals surface area (Å²) >= 11 is 0. The van der Waals surface area contributed by atoms with Gasteiger partial charge >= 0.3 is 6.18 Å². The van der Waals surface area contributed by atoms with Crippen molar-refractivity contribution >= 4 is 5.91 Å². The molecule has 0 spiro atoms. The van der Waals surface area contributed by atoms with Gasteiger partial charge in [-0.15, -0.1) is 0 Å². The molecule has 3 heterocycles. The minimum absolute atomic E-state index is 0.0572. The zero-order valence-corrected chi connectivity index (χ0v) is 20.5. The van der Waals surface area contributed by atoms with Crippen LogP contribution in [0.25, 0.3) is 0 Å². The van der Waals surface area contributed by atoms with Crippen molar-refractivity contribution in [2.24, 2.45) is 11.3 Å². The number of carbonyl (C=O) groups is 1. The van der Waals surface area contributed by atoms with E-state index in [2.05, 4.69) is 16.4 Å². The van der Waals surface area contributed by atoms with Crippen LogP contribution < -0.4 is 10.1 Å². The number of hydrogen-bond donors (Lipinski definition) is 1. The van der Waals surface area contributed by atoms with Gasteiger partial charge in [-0.05, 0) is 61.4 Å². The number of nitrogens with zero attached hydrogens (tertiary/aromatic N) is 3. The predicted molar refractivity (Wildman–Crippen MR) is 128 cm³/mol. The number of nitrogens with one attached hydrogen (secondary N) is 1. The maximum atomic E-state index is 14.0. The summed E-state index contributed by atoms with van der Waals surface area (Å²) in [6, 6.07) is 9.07. The molecule has 2 saturated carbocycles. The largest absolute Gasteiger partial charge is 0.493 e. The molecule has 2 aromatic rings. The fourth-order valence-corrected chi connectivity index (χ4v) is 7.11. The lowest BCUT2D eigenvalue weighted by Gasteiger charge is -2.37. The Morgan fingerprint density at radius 3 is 2.95 bits per heavy atom. The molecule has 6 rings (SSSR count). The van der Waals surface area contributed by atoms with Crippen molar-refractivity contribution in [3.05, 3.63) is 58.4 Å². The lowest BCUT2D eigenvalue weighted by Crippen LogP contribution is -2.47. The highest BCUT2D eigenvalue weighted by molar-refractivity contribution is 5.84. The highest BCUT2D eigenvalue weighted by atomic mass is 19.4. The molecule has 1 amide bonds. The number of alkyl halides is 3. The van der Waals surface area contributed by atoms with Gasteiger partial charge in [-0.25, -0.2) is 0 Å². The number of nitriles is 1. The first-order chi connectivity index (χ1) is 17.8. The fourth-order valence-electron chi connectivity index (χ4n) is 7.11. The second-order valence-corrected chi connectivity index (χ2v) is 10.9. The summed E-state index contributed by atoms with van der Waals surface area (Å²) in [5.74, 6) is 1.15. The van der Waals surface area contributed by atoms with Crippen molar-refractivity contribution in [1.82, 2.24) is 15.2 Å². The monoisotopic (exact) mass is 510 g/mol. The van der Waals surface area contributed by atoms with Crippen LogP contribution in [0, 0.1) is 22.7 Å². The predicted octanol–water partition coefficient (Wildman–Crippen LogP) is 4.92. The molecular formula is C28H29F3N4O2. The van der Waals surface area contributed by atoms with Crippen molar-refractivity contribution in [2.45, 2.75) is 69.8 Å². The fraction of sp³-hybridized carbons (Fsp3) is 0.536. The molecular weight excluding hydrogens is 481 g/mol. The molecule has 1 aromatic heterocycles. The molecule has 2 aliphatic carbocycles. The Hall–Kier alpha value is -3.12. The molecule has 2 fully saturated rings. The van der Waals surface area contributed by atoms with Crippen LogP contribution >= 0.6 is 0 Å². The van der Waals surface area contributed by atoms with Crippen molar-refractivity contribution < 1.29 is 22.7 Å². The quantitative estimate of drug-likeness (QED) is 0.634. The third-order valence-corrected chi connectivity index (χ3v) is 8.83. The zero-order valence-electron chi connectivity index (χ0n) is 20.5. The minimum Gasteiger partial charge on any atom is -0.493 e. The van der Waals surface area contributed by atoms with Crippen LogP contribution in [0.2, 0.25) is 0 Å². The smallest absolute Gasteiger partial charge is 0.417 e. The number of pyridine rings is 1. The minimum atomic E-state index is -4.45. The average Bonchev–Trinajstić information content (AvgIpc) is 3.45. The SMILES string of the molecule is N#Cc1ccc2c(c1)C(N[C@@H]1C[C@H]3CCC[C@@]3(C(=O)N3CCc4ncc(C(F)(F)F)cc4C3)C1)CCO2. The Kier molecular flexibility index (Phi) is 5.90. The van der Waals surface area contributed by atoms with Crippen LogP contribution in [0.15, 0.2) is 30.5 Å². The van der Waals surface area contributed by atoms with Crippen molar-refractivity contribution in [3.63, 3.8) is 0 Å². The summed E-state index contributed by atoms with van der Waals surface area (Å²) in [4.78, 5) is 19.8. The molecule has 0 saturated heterocycles. The summed E-state index contributed by atoms with van der Waals surface area (Å²) in [5, 5.41) is 13.1. The second kappa shape index (κ2) is 9.02. The standard InChI is InChI=1S/C28H29F3N4O2/c29-28(30,31)20-11-18-16-35(8-5-23(18)33-15-20)26(36)27-7-1-2-19(27)12-21(13-27)34-24-6-9-37-25-4-3-17(14-32)10-22(24)25/h3-4,10-11,15,19,21,24,34H,1-2,5-9,12-13,16H2/t19-,21-,24?,27-/m1/s1. The van der Waals surface area contributed by atoms with E-state index in [-0.39, 0.29) is 30.5 Å². The number of rotatable bonds is 3. The lowest BCUT2D eigenvalue weighted by atomic mass is 9.78. The molecule has 1 unspecified atom stereocenters. The Bertz CT molecular complexity index is 1270. The number of amides is 1.